The Morgan fingerprint density at radius 3 is 3.23 bits per heavy atom. The van der Waals surface area contributed by atoms with Gasteiger partial charge in [-0.15, -0.1) is 0 Å². The molecule has 66 valence electrons. The third-order valence-corrected chi connectivity index (χ3v) is 1.89. The van der Waals surface area contributed by atoms with E-state index in [1.54, 1.807) is 18.6 Å². The first-order valence-electron chi connectivity index (χ1n) is 3.82. The third-order valence-electron chi connectivity index (χ3n) is 1.89. The summed E-state index contributed by atoms with van der Waals surface area (Å²) < 4.78 is 4.62. The Bertz CT molecular complexity index is 448. The number of H-pyrrole nitrogens is 1. The third kappa shape index (κ3) is 1.16. The van der Waals surface area contributed by atoms with Crippen LogP contribution in [0.1, 0.15) is 10.4 Å². The minimum Gasteiger partial charge on any atom is -0.465 e. The number of rotatable bonds is 1. The second-order valence-electron chi connectivity index (χ2n) is 2.62. The Hall–Kier alpha value is -1.84. The molecule has 0 fully saturated rings. The zero-order valence-electron chi connectivity index (χ0n) is 7.07. The fraction of sp³-hybridized carbons (Fsp3) is 0.111. The van der Waals surface area contributed by atoms with Crippen LogP contribution >= 0.6 is 0 Å². The second-order valence-corrected chi connectivity index (χ2v) is 2.62. The zero-order chi connectivity index (χ0) is 9.26. The molecule has 4 nitrogen and oxygen atoms in total. The van der Waals surface area contributed by atoms with E-state index in [2.05, 4.69) is 14.7 Å². The van der Waals surface area contributed by atoms with Crippen LogP contribution in [0.25, 0.3) is 10.9 Å². The van der Waals surface area contributed by atoms with Crippen molar-refractivity contribution < 1.29 is 9.53 Å². The van der Waals surface area contributed by atoms with Crippen LogP contribution in [0, 0.1) is 0 Å². The van der Waals surface area contributed by atoms with Gasteiger partial charge in [0.2, 0.25) is 0 Å². The first-order valence-corrected chi connectivity index (χ1v) is 3.82. The first kappa shape index (κ1) is 7.79. The summed E-state index contributed by atoms with van der Waals surface area (Å²) in [5.41, 5.74) is 1.40. The Labute approximate surface area is 74.5 Å². The molecule has 0 bridgehead atoms. The van der Waals surface area contributed by atoms with Crippen LogP contribution in [-0.2, 0) is 4.74 Å². The van der Waals surface area contributed by atoms with Crippen LogP contribution < -0.4 is 0 Å². The van der Waals surface area contributed by atoms with Gasteiger partial charge in [-0.1, -0.05) is 0 Å². The molecule has 2 aromatic heterocycles. The summed E-state index contributed by atoms with van der Waals surface area (Å²) in [6.45, 7) is 0. The lowest BCUT2D eigenvalue weighted by atomic mass is 10.2. The number of hydrogen-bond acceptors (Lipinski definition) is 3. The molecule has 13 heavy (non-hydrogen) atoms. The van der Waals surface area contributed by atoms with Gasteiger partial charge in [-0.3, -0.25) is 4.98 Å². The molecule has 0 aliphatic rings. The van der Waals surface area contributed by atoms with E-state index >= 15 is 0 Å². The summed E-state index contributed by atoms with van der Waals surface area (Å²) in [6, 6.07) is 1.81. The normalized spacial score (nSPS) is 10.2. The lowest BCUT2D eigenvalue weighted by Crippen LogP contribution is -1.99. The van der Waals surface area contributed by atoms with Gasteiger partial charge < -0.3 is 9.72 Å². The Morgan fingerprint density at radius 1 is 1.62 bits per heavy atom. The highest BCUT2D eigenvalue weighted by Crippen LogP contribution is 2.16. The highest BCUT2D eigenvalue weighted by Gasteiger charge is 2.11. The SMILES string of the molecule is COC(=O)c1c[nH]c2ccncc12. The predicted octanol–water partition coefficient (Wildman–Crippen LogP) is 1.35. The van der Waals surface area contributed by atoms with Crippen molar-refractivity contribution in [2.45, 2.75) is 0 Å². The van der Waals surface area contributed by atoms with Crippen molar-refractivity contribution >= 4 is 16.9 Å². The fourth-order valence-corrected chi connectivity index (χ4v) is 1.24. The van der Waals surface area contributed by atoms with Crippen molar-refractivity contribution in [2.24, 2.45) is 0 Å². The topological polar surface area (TPSA) is 55.0 Å². The summed E-state index contributed by atoms with van der Waals surface area (Å²) in [7, 11) is 1.36. The van der Waals surface area contributed by atoms with Gasteiger partial charge in [0, 0.05) is 29.5 Å². The molecule has 2 heterocycles. The molecule has 0 amide bonds. The molecule has 0 saturated heterocycles. The average molecular weight is 176 g/mol. The molecule has 0 radical (unpaired) electrons. The number of fused-ring (bicyclic) bond motifs is 1. The molecule has 0 atom stereocenters. The van der Waals surface area contributed by atoms with E-state index in [1.807, 2.05) is 6.07 Å². The first-order chi connectivity index (χ1) is 6.33. The van der Waals surface area contributed by atoms with Gasteiger partial charge in [0.25, 0.3) is 0 Å². The number of carbonyl (C=O) groups is 1. The van der Waals surface area contributed by atoms with Crippen LogP contribution in [0.15, 0.2) is 24.7 Å². The van der Waals surface area contributed by atoms with Gasteiger partial charge in [-0.25, -0.2) is 4.79 Å². The van der Waals surface area contributed by atoms with Crippen molar-refractivity contribution in [1.29, 1.82) is 0 Å². The number of aromatic nitrogens is 2. The van der Waals surface area contributed by atoms with E-state index in [0.29, 0.717) is 5.56 Å². The van der Waals surface area contributed by atoms with Gasteiger partial charge in [-0.2, -0.15) is 0 Å². The maximum absolute atomic E-state index is 11.2. The van der Waals surface area contributed by atoms with Crippen molar-refractivity contribution in [2.75, 3.05) is 7.11 Å². The van der Waals surface area contributed by atoms with E-state index in [0.717, 1.165) is 10.9 Å². The van der Waals surface area contributed by atoms with Crippen LogP contribution in [0.3, 0.4) is 0 Å². The Kier molecular flexibility index (Phi) is 1.73. The minimum atomic E-state index is -0.348. The highest BCUT2D eigenvalue weighted by atomic mass is 16.5. The monoisotopic (exact) mass is 176 g/mol. The minimum absolute atomic E-state index is 0.348. The molecule has 0 saturated carbocycles. The fourth-order valence-electron chi connectivity index (χ4n) is 1.24. The number of aromatic amines is 1. The highest BCUT2D eigenvalue weighted by molar-refractivity contribution is 6.03. The van der Waals surface area contributed by atoms with Crippen LogP contribution in [0.5, 0.6) is 0 Å². The molecule has 2 aromatic rings. The smallest absolute Gasteiger partial charge is 0.340 e. The Morgan fingerprint density at radius 2 is 2.46 bits per heavy atom. The maximum Gasteiger partial charge on any atom is 0.340 e. The number of ether oxygens (including phenoxy) is 1. The van der Waals surface area contributed by atoms with Crippen molar-refractivity contribution in [3.8, 4) is 0 Å². The lowest BCUT2D eigenvalue weighted by molar-refractivity contribution is 0.0603. The molecular formula is C9H8N2O2. The second kappa shape index (κ2) is 2.90. The summed E-state index contributed by atoms with van der Waals surface area (Å²) in [5.74, 6) is -0.348. The maximum atomic E-state index is 11.2. The van der Waals surface area contributed by atoms with E-state index in [1.165, 1.54) is 7.11 Å². The number of methoxy groups -OCH3 is 1. The predicted molar refractivity (Wildman–Crippen MR) is 47.4 cm³/mol. The Balaban J connectivity index is 2.64. The van der Waals surface area contributed by atoms with Crippen molar-refractivity contribution in [1.82, 2.24) is 9.97 Å². The average Bonchev–Trinajstić information content (AvgIpc) is 2.60. The quantitative estimate of drug-likeness (QED) is 0.667. The van der Waals surface area contributed by atoms with Crippen LogP contribution in [0.4, 0.5) is 0 Å². The van der Waals surface area contributed by atoms with Gasteiger partial charge in [0.15, 0.2) is 0 Å². The molecule has 0 aromatic carbocycles. The van der Waals surface area contributed by atoms with Crippen LogP contribution in [-0.4, -0.2) is 23.0 Å². The number of carbonyl (C=O) groups excluding carboxylic acids is 1. The molecule has 1 N–H and O–H groups in total. The molecule has 0 unspecified atom stereocenters. The molecule has 4 heteroatoms. The van der Waals surface area contributed by atoms with Gasteiger partial charge in [-0.05, 0) is 6.07 Å². The molecule has 2 rings (SSSR count). The standard InChI is InChI=1S/C9H8N2O2/c1-13-9(12)7-5-11-8-2-3-10-4-6(7)8/h2-5,11H,1H3. The summed E-state index contributed by atoms with van der Waals surface area (Å²) >= 11 is 0. The number of nitrogens with one attached hydrogen (secondary N) is 1. The van der Waals surface area contributed by atoms with Crippen LogP contribution in [0.2, 0.25) is 0 Å². The van der Waals surface area contributed by atoms with Gasteiger partial charge in [0.1, 0.15) is 0 Å². The van der Waals surface area contributed by atoms with E-state index in [9.17, 15) is 4.79 Å². The number of nitrogens with zero attached hydrogens (tertiary/aromatic N) is 1. The van der Waals surface area contributed by atoms with E-state index in [-0.39, 0.29) is 5.97 Å². The summed E-state index contributed by atoms with van der Waals surface area (Å²) in [6.07, 6.45) is 4.93. The summed E-state index contributed by atoms with van der Waals surface area (Å²) in [4.78, 5) is 18.1. The molecule has 0 aliphatic heterocycles. The summed E-state index contributed by atoms with van der Waals surface area (Å²) in [5, 5.41) is 0.786. The van der Waals surface area contributed by atoms with Gasteiger partial charge in [0.05, 0.1) is 12.7 Å². The zero-order valence-corrected chi connectivity index (χ0v) is 7.07. The number of hydrogen-bond donors (Lipinski definition) is 1. The van der Waals surface area contributed by atoms with E-state index < -0.39 is 0 Å². The van der Waals surface area contributed by atoms with E-state index in [4.69, 9.17) is 0 Å². The number of esters is 1. The van der Waals surface area contributed by atoms with Gasteiger partial charge >= 0.3 is 5.97 Å². The molecule has 0 spiro atoms. The molecular weight excluding hydrogens is 168 g/mol. The lowest BCUT2D eigenvalue weighted by Gasteiger charge is -1.94. The molecule has 0 aliphatic carbocycles. The largest absolute Gasteiger partial charge is 0.465 e. The number of pyridine rings is 1. The van der Waals surface area contributed by atoms with Crippen molar-refractivity contribution in [3.05, 3.63) is 30.2 Å². The van der Waals surface area contributed by atoms with Crippen molar-refractivity contribution in [3.63, 3.8) is 0 Å².